The summed E-state index contributed by atoms with van der Waals surface area (Å²) >= 11 is 0. The highest BCUT2D eigenvalue weighted by Gasteiger charge is 2.35. The lowest BCUT2D eigenvalue weighted by molar-refractivity contribution is -0.126. The van der Waals surface area contributed by atoms with Crippen molar-refractivity contribution in [3.05, 3.63) is 0 Å². The van der Waals surface area contributed by atoms with Gasteiger partial charge in [-0.2, -0.15) is 0 Å². The Labute approximate surface area is 137 Å². The molecule has 1 heterocycles. The number of hydrogen-bond donors (Lipinski definition) is 2. The number of nitrogens with zero attached hydrogens (tertiary/aromatic N) is 1. The molecule has 1 atom stereocenters. The van der Waals surface area contributed by atoms with Gasteiger partial charge in [-0.15, -0.1) is 0 Å². The highest BCUT2D eigenvalue weighted by molar-refractivity contribution is 7.88. The number of nitrogens with one attached hydrogen (secondary N) is 2. The maximum absolute atomic E-state index is 12.4. The lowest BCUT2D eigenvalue weighted by atomic mass is 9.86. The third-order valence-electron chi connectivity index (χ3n) is 3.79. The molecular weight excluding hydrogens is 328 g/mol. The molecule has 0 aromatic carbocycles. The molecule has 0 saturated carbocycles. The fourth-order valence-electron chi connectivity index (χ4n) is 2.58. The first-order valence-electron chi connectivity index (χ1n) is 7.66. The molecule has 6 nitrogen and oxygen atoms in total. The van der Waals surface area contributed by atoms with Gasteiger partial charge in [0, 0.05) is 19.1 Å². The Morgan fingerprint density at radius 3 is 2.17 bits per heavy atom. The SMILES string of the molecule is CC(C)(C)[C@H](NS(C)(=O)=O)C(=O)NC1CCN(CC(F)F)CC1. The van der Waals surface area contributed by atoms with Crippen LogP contribution < -0.4 is 10.0 Å². The van der Waals surface area contributed by atoms with E-state index in [1.165, 1.54) is 0 Å². The van der Waals surface area contributed by atoms with Crippen molar-refractivity contribution in [3.63, 3.8) is 0 Å². The molecule has 0 aromatic heterocycles. The molecule has 1 aliphatic rings. The topological polar surface area (TPSA) is 78.5 Å². The van der Waals surface area contributed by atoms with E-state index in [4.69, 9.17) is 0 Å². The van der Waals surface area contributed by atoms with E-state index in [0.717, 1.165) is 6.26 Å². The first kappa shape index (κ1) is 20.2. The van der Waals surface area contributed by atoms with Crippen LogP contribution in [0.4, 0.5) is 8.78 Å². The van der Waals surface area contributed by atoms with Crippen molar-refractivity contribution in [1.82, 2.24) is 14.9 Å². The monoisotopic (exact) mass is 355 g/mol. The zero-order chi connectivity index (χ0) is 17.8. The Kier molecular flexibility index (Phi) is 6.91. The molecule has 1 fully saturated rings. The minimum Gasteiger partial charge on any atom is -0.352 e. The van der Waals surface area contributed by atoms with Gasteiger partial charge in [-0.3, -0.25) is 9.69 Å². The van der Waals surface area contributed by atoms with E-state index in [9.17, 15) is 22.0 Å². The highest BCUT2D eigenvalue weighted by Crippen LogP contribution is 2.21. The first-order valence-corrected chi connectivity index (χ1v) is 9.56. The van der Waals surface area contributed by atoms with Crippen molar-refractivity contribution in [2.75, 3.05) is 25.9 Å². The van der Waals surface area contributed by atoms with Crippen LogP contribution in [0.15, 0.2) is 0 Å². The molecule has 1 saturated heterocycles. The second kappa shape index (κ2) is 7.85. The first-order chi connectivity index (χ1) is 10.4. The number of sulfonamides is 1. The summed E-state index contributed by atoms with van der Waals surface area (Å²) in [4.78, 5) is 14.1. The molecule has 1 rings (SSSR count). The predicted molar refractivity (Wildman–Crippen MR) is 84.8 cm³/mol. The molecule has 0 unspecified atom stereocenters. The number of rotatable bonds is 6. The van der Waals surface area contributed by atoms with Gasteiger partial charge < -0.3 is 5.32 Å². The van der Waals surface area contributed by atoms with Gasteiger partial charge in [0.15, 0.2) is 0 Å². The molecule has 0 bridgehead atoms. The van der Waals surface area contributed by atoms with Crippen LogP contribution in [0.5, 0.6) is 0 Å². The third-order valence-corrected chi connectivity index (χ3v) is 4.45. The molecule has 1 aliphatic heterocycles. The van der Waals surface area contributed by atoms with Crippen LogP contribution in [0.25, 0.3) is 0 Å². The van der Waals surface area contributed by atoms with E-state index < -0.39 is 27.9 Å². The number of amides is 1. The molecule has 0 aromatic rings. The summed E-state index contributed by atoms with van der Waals surface area (Å²) in [6, 6.07) is -1.00. The Bertz CT molecular complexity index is 498. The smallest absolute Gasteiger partial charge is 0.251 e. The predicted octanol–water partition coefficient (Wildman–Crippen LogP) is 0.796. The number of halogens is 2. The number of likely N-dealkylation sites (tertiary alicyclic amines) is 1. The zero-order valence-corrected chi connectivity index (χ0v) is 14.9. The lowest BCUT2D eigenvalue weighted by Gasteiger charge is -2.35. The normalized spacial score (nSPS) is 19.8. The Morgan fingerprint density at radius 2 is 1.78 bits per heavy atom. The van der Waals surface area contributed by atoms with E-state index in [2.05, 4.69) is 10.0 Å². The van der Waals surface area contributed by atoms with Gasteiger partial charge in [-0.25, -0.2) is 21.9 Å². The average Bonchev–Trinajstić information content (AvgIpc) is 2.35. The molecule has 0 spiro atoms. The van der Waals surface area contributed by atoms with Gasteiger partial charge in [0.1, 0.15) is 6.04 Å². The van der Waals surface area contributed by atoms with E-state index in [1.807, 2.05) is 0 Å². The minimum absolute atomic E-state index is 0.123. The Hall–Kier alpha value is -0.800. The molecule has 0 aliphatic carbocycles. The summed E-state index contributed by atoms with van der Waals surface area (Å²) < 4.78 is 50.0. The van der Waals surface area contributed by atoms with Gasteiger partial charge in [-0.05, 0) is 18.3 Å². The largest absolute Gasteiger partial charge is 0.352 e. The van der Waals surface area contributed by atoms with Gasteiger partial charge in [0.25, 0.3) is 6.43 Å². The molecule has 9 heteroatoms. The quantitative estimate of drug-likeness (QED) is 0.739. The van der Waals surface area contributed by atoms with Gasteiger partial charge in [-0.1, -0.05) is 20.8 Å². The maximum Gasteiger partial charge on any atom is 0.251 e. The van der Waals surface area contributed by atoms with Crippen LogP contribution in [-0.4, -0.2) is 63.6 Å². The summed E-state index contributed by atoms with van der Waals surface area (Å²) in [6.07, 6.45) is -0.185. The summed E-state index contributed by atoms with van der Waals surface area (Å²) in [6.45, 7) is 6.08. The summed E-state index contributed by atoms with van der Waals surface area (Å²) in [5, 5.41) is 2.84. The van der Waals surface area contributed by atoms with Crippen molar-refractivity contribution >= 4 is 15.9 Å². The number of carbonyl (C=O) groups excluding carboxylic acids is 1. The fraction of sp³-hybridized carbons (Fsp3) is 0.929. The molecule has 136 valence electrons. The van der Waals surface area contributed by atoms with Crippen molar-refractivity contribution in [2.45, 2.75) is 52.1 Å². The molecule has 23 heavy (non-hydrogen) atoms. The van der Waals surface area contributed by atoms with Gasteiger partial charge in [0.05, 0.1) is 12.8 Å². The second-order valence-electron chi connectivity index (χ2n) is 7.16. The maximum atomic E-state index is 12.4. The molecule has 1 amide bonds. The van der Waals surface area contributed by atoms with Crippen LogP contribution in [-0.2, 0) is 14.8 Å². The van der Waals surface area contributed by atoms with Crippen molar-refractivity contribution < 1.29 is 22.0 Å². The van der Waals surface area contributed by atoms with E-state index >= 15 is 0 Å². The van der Waals surface area contributed by atoms with E-state index in [1.54, 1.807) is 25.7 Å². The van der Waals surface area contributed by atoms with E-state index in [-0.39, 0.29) is 18.5 Å². The van der Waals surface area contributed by atoms with E-state index in [0.29, 0.717) is 25.9 Å². The number of alkyl halides is 2. The minimum atomic E-state index is -3.52. The van der Waals surface area contributed by atoms with Crippen LogP contribution >= 0.6 is 0 Å². The standard InChI is InChI=1S/C14H27F2N3O3S/c1-14(2,3)12(18-23(4,21)22)13(20)17-10-5-7-19(8-6-10)9-11(15)16/h10-12,18H,5-9H2,1-4H3,(H,17,20)/t12-/m1/s1. The van der Waals surface area contributed by atoms with Crippen LogP contribution in [0.2, 0.25) is 0 Å². The molecular formula is C14H27F2N3O3S. The third kappa shape index (κ3) is 7.54. The highest BCUT2D eigenvalue weighted by atomic mass is 32.2. The Balaban J connectivity index is 2.60. The van der Waals surface area contributed by atoms with Gasteiger partial charge >= 0.3 is 0 Å². The summed E-state index contributed by atoms with van der Waals surface area (Å²) in [5.74, 6) is -0.379. The van der Waals surface area contributed by atoms with Crippen LogP contribution in [0, 0.1) is 5.41 Å². The van der Waals surface area contributed by atoms with Crippen molar-refractivity contribution in [1.29, 1.82) is 0 Å². The van der Waals surface area contributed by atoms with Crippen LogP contribution in [0.1, 0.15) is 33.6 Å². The number of carbonyl (C=O) groups is 1. The van der Waals surface area contributed by atoms with Crippen LogP contribution in [0.3, 0.4) is 0 Å². The fourth-order valence-corrected chi connectivity index (χ4v) is 3.47. The van der Waals surface area contributed by atoms with Gasteiger partial charge in [0.2, 0.25) is 15.9 Å². The number of piperidine rings is 1. The Morgan fingerprint density at radius 1 is 1.26 bits per heavy atom. The molecule has 2 N–H and O–H groups in total. The zero-order valence-electron chi connectivity index (χ0n) is 14.1. The summed E-state index contributed by atoms with van der Waals surface area (Å²) in [7, 11) is -3.52. The molecule has 0 radical (unpaired) electrons. The average molecular weight is 355 g/mol. The van der Waals surface area contributed by atoms with Crippen molar-refractivity contribution in [2.24, 2.45) is 5.41 Å². The van der Waals surface area contributed by atoms with Crippen molar-refractivity contribution in [3.8, 4) is 0 Å². The second-order valence-corrected chi connectivity index (χ2v) is 8.94. The lowest BCUT2D eigenvalue weighted by Crippen LogP contribution is -2.56. The number of hydrogen-bond acceptors (Lipinski definition) is 4. The summed E-state index contributed by atoms with van der Waals surface area (Å²) in [5.41, 5.74) is -0.580.